The van der Waals surface area contributed by atoms with E-state index in [1.165, 1.54) is 0 Å². The quantitative estimate of drug-likeness (QED) is 0.0428. The van der Waals surface area contributed by atoms with E-state index in [2.05, 4.69) is 25.9 Å². The summed E-state index contributed by atoms with van der Waals surface area (Å²) >= 11 is 0. The zero-order chi connectivity index (χ0) is 31.7. The number of hydrogen-bond acceptors (Lipinski definition) is 8. The third kappa shape index (κ3) is 14.5. The lowest BCUT2D eigenvalue weighted by atomic mass is 10.0. The minimum Gasteiger partial charge on any atom is -0.481 e. The summed E-state index contributed by atoms with van der Waals surface area (Å²) in [5.41, 5.74) is 27.5. The summed E-state index contributed by atoms with van der Waals surface area (Å²) in [6.45, 7) is 0.266. The lowest BCUT2D eigenvalue weighted by Crippen LogP contribution is -2.57. The second-order valence-electron chi connectivity index (χ2n) is 9.31. The van der Waals surface area contributed by atoms with Gasteiger partial charge in [-0.1, -0.05) is 30.3 Å². The topological polar surface area (TPSA) is 317 Å². The highest BCUT2D eigenvalue weighted by Crippen LogP contribution is 2.08. The smallest absolute Gasteiger partial charge is 0.326 e. The van der Waals surface area contributed by atoms with Crippen molar-refractivity contribution in [3.63, 3.8) is 0 Å². The molecule has 0 saturated heterocycles. The van der Waals surface area contributed by atoms with E-state index in [1.807, 2.05) is 0 Å². The zero-order valence-corrected chi connectivity index (χ0v) is 23.1. The summed E-state index contributed by atoms with van der Waals surface area (Å²) in [4.78, 5) is 69.6. The third-order valence-electron chi connectivity index (χ3n) is 5.79. The van der Waals surface area contributed by atoms with Crippen LogP contribution in [0.15, 0.2) is 40.3 Å². The molecule has 0 radical (unpaired) electrons. The molecule has 1 aromatic carbocycles. The van der Waals surface area contributed by atoms with Crippen molar-refractivity contribution in [3.8, 4) is 0 Å². The van der Waals surface area contributed by atoms with E-state index in [0.717, 1.165) is 0 Å². The number of nitrogens with two attached hydrogens (primary N) is 5. The molecule has 4 unspecified atom stereocenters. The fourth-order valence-electron chi connectivity index (χ4n) is 3.70. The van der Waals surface area contributed by atoms with Crippen molar-refractivity contribution in [1.29, 1.82) is 0 Å². The van der Waals surface area contributed by atoms with Gasteiger partial charge in [0.1, 0.15) is 18.1 Å². The Kier molecular flexibility index (Phi) is 15.4. The maximum Gasteiger partial charge on any atom is 0.326 e. The molecule has 17 nitrogen and oxygen atoms in total. The lowest BCUT2D eigenvalue weighted by molar-refractivity contribution is -0.142. The van der Waals surface area contributed by atoms with E-state index in [9.17, 15) is 29.1 Å². The summed E-state index contributed by atoms with van der Waals surface area (Å²) in [6, 6.07) is 3.40. The van der Waals surface area contributed by atoms with Gasteiger partial charge in [0.25, 0.3) is 0 Å². The Labute approximate surface area is 242 Å². The van der Waals surface area contributed by atoms with Crippen molar-refractivity contribution in [2.45, 2.75) is 62.7 Å². The summed E-state index contributed by atoms with van der Waals surface area (Å²) in [7, 11) is 0. The molecule has 42 heavy (non-hydrogen) atoms. The number of carboxylic acids is 2. The fourth-order valence-corrected chi connectivity index (χ4v) is 3.70. The van der Waals surface area contributed by atoms with Gasteiger partial charge in [-0.3, -0.25) is 29.2 Å². The fraction of sp³-hybridized carbons (Fsp3) is 0.480. The van der Waals surface area contributed by atoms with Crippen LogP contribution in [0.2, 0.25) is 0 Å². The first-order chi connectivity index (χ1) is 19.8. The Morgan fingerprint density at radius 2 is 1.19 bits per heavy atom. The van der Waals surface area contributed by atoms with Crippen molar-refractivity contribution in [1.82, 2.24) is 16.0 Å². The van der Waals surface area contributed by atoms with Crippen molar-refractivity contribution in [2.75, 3.05) is 13.1 Å². The van der Waals surface area contributed by atoms with Gasteiger partial charge >= 0.3 is 11.9 Å². The number of rotatable bonds is 19. The normalized spacial score (nSPS) is 13.4. The maximum absolute atomic E-state index is 13.4. The molecule has 0 aromatic heterocycles. The molecule has 232 valence electrons. The van der Waals surface area contributed by atoms with Crippen LogP contribution in [-0.2, 0) is 30.4 Å². The summed E-state index contributed by atoms with van der Waals surface area (Å²) in [5.74, 6) is -5.39. The third-order valence-corrected chi connectivity index (χ3v) is 5.79. The largest absolute Gasteiger partial charge is 0.481 e. The minimum absolute atomic E-state index is 0.000670. The Hall–Kier alpha value is -4.93. The number of nitrogens with one attached hydrogen (secondary N) is 3. The van der Waals surface area contributed by atoms with Crippen LogP contribution < -0.4 is 44.6 Å². The van der Waals surface area contributed by atoms with E-state index in [4.69, 9.17) is 33.8 Å². The first-order valence-electron chi connectivity index (χ1n) is 13.1. The van der Waals surface area contributed by atoms with E-state index in [1.54, 1.807) is 30.3 Å². The molecule has 17 heteroatoms. The van der Waals surface area contributed by atoms with Gasteiger partial charge in [-0.15, -0.1) is 0 Å². The molecule has 0 aliphatic heterocycles. The number of amides is 3. The average molecular weight is 593 g/mol. The first kappa shape index (κ1) is 35.1. The van der Waals surface area contributed by atoms with Gasteiger partial charge in [0.05, 0.1) is 12.5 Å². The lowest BCUT2D eigenvalue weighted by Gasteiger charge is -2.25. The number of carboxylic acid groups (broad SMARTS) is 2. The number of nitrogens with zero attached hydrogens (tertiary/aromatic N) is 2. The number of carbonyl (C=O) groups excluding carboxylic acids is 3. The molecule has 4 atom stereocenters. The van der Waals surface area contributed by atoms with Crippen molar-refractivity contribution >= 4 is 41.6 Å². The van der Waals surface area contributed by atoms with Crippen LogP contribution in [-0.4, -0.2) is 89.0 Å². The predicted octanol–water partition coefficient (Wildman–Crippen LogP) is -3.32. The molecule has 0 spiro atoms. The molecular formula is C25H40N10O7. The minimum atomic E-state index is -1.43. The molecule has 0 aliphatic rings. The second-order valence-corrected chi connectivity index (χ2v) is 9.31. The molecule has 0 saturated carbocycles. The number of benzene rings is 1. The van der Waals surface area contributed by atoms with Crippen molar-refractivity contribution in [3.05, 3.63) is 35.9 Å². The van der Waals surface area contributed by atoms with Crippen LogP contribution in [0.4, 0.5) is 0 Å². The van der Waals surface area contributed by atoms with Crippen molar-refractivity contribution < 1.29 is 34.2 Å². The number of carbonyl (C=O) groups is 5. The molecule has 0 bridgehead atoms. The summed E-state index contributed by atoms with van der Waals surface area (Å²) in [6.07, 6.45) is -0.180. The standard InChI is InChI=1S/C25H40N10O7/c26-15(13-19(36)37)20(38)35-18(12-14-6-2-1-3-7-14)22(40)33-16(8-4-10-31-24(27)28)21(39)34-17(23(41)42)9-5-11-32-25(29)30/h1-3,6-7,15-18H,4-5,8-13,26H2,(H,33,40)(H,34,39)(H,35,38)(H,36,37)(H,41,42)(H4,27,28,31)(H4,29,30,32). The number of aliphatic imine (C=N–C) groups is 2. The Bertz CT molecular complexity index is 1120. The average Bonchev–Trinajstić information content (AvgIpc) is 2.91. The predicted molar refractivity (Wildman–Crippen MR) is 154 cm³/mol. The molecule has 0 fully saturated rings. The summed E-state index contributed by atoms with van der Waals surface area (Å²) in [5, 5.41) is 26.0. The SMILES string of the molecule is NC(N)=NCCCC(NC(=O)C(CCCN=C(N)N)NC(=O)C(Cc1ccccc1)NC(=O)C(N)CC(=O)O)C(=O)O. The molecule has 1 rings (SSSR count). The van der Waals surface area contributed by atoms with E-state index >= 15 is 0 Å². The van der Waals surface area contributed by atoms with Crippen molar-refractivity contribution in [2.24, 2.45) is 38.7 Å². The molecule has 0 heterocycles. The number of guanidine groups is 2. The highest BCUT2D eigenvalue weighted by atomic mass is 16.4. The number of aliphatic carboxylic acids is 2. The second kappa shape index (κ2) is 18.4. The van der Waals surface area contributed by atoms with Crippen LogP contribution in [0.3, 0.4) is 0 Å². The molecule has 1 aromatic rings. The maximum atomic E-state index is 13.4. The van der Waals surface area contributed by atoms with Crippen LogP contribution in [0.1, 0.15) is 37.7 Å². The zero-order valence-electron chi connectivity index (χ0n) is 23.1. The summed E-state index contributed by atoms with van der Waals surface area (Å²) < 4.78 is 0. The number of hydrogen-bond donors (Lipinski definition) is 10. The Balaban J connectivity index is 3.14. The Morgan fingerprint density at radius 1 is 0.714 bits per heavy atom. The highest BCUT2D eigenvalue weighted by Gasteiger charge is 2.30. The molecule has 0 aliphatic carbocycles. The molecule has 15 N–H and O–H groups in total. The van der Waals surface area contributed by atoms with Gasteiger partial charge in [-0.05, 0) is 31.2 Å². The van der Waals surface area contributed by atoms with Crippen LogP contribution >= 0.6 is 0 Å². The van der Waals surface area contributed by atoms with Gasteiger partial charge in [0.15, 0.2) is 11.9 Å². The van der Waals surface area contributed by atoms with Gasteiger partial charge in [0, 0.05) is 19.5 Å². The van der Waals surface area contributed by atoms with E-state index in [-0.39, 0.29) is 57.1 Å². The van der Waals surface area contributed by atoms with Crippen LogP contribution in [0, 0.1) is 0 Å². The van der Waals surface area contributed by atoms with Crippen LogP contribution in [0.5, 0.6) is 0 Å². The Morgan fingerprint density at radius 3 is 1.69 bits per heavy atom. The monoisotopic (exact) mass is 592 g/mol. The van der Waals surface area contributed by atoms with Gasteiger partial charge in [-0.25, -0.2) is 4.79 Å². The molecule has 3 amide bonds. The van der Waals surface area contributed by atoms with Gasteiger partial charge < -0.3 is 54.8 Å². The van der Waals surface area contributed by atoms with E-state index in [0.29, 0.717) is 5.56 Å². The highest BCUT2D eigenvalue weighted by molar-refractivity contribution is 5.94. The van der Waals surface area contributed by atoms with E-state index < -0.39 is 60.2 Å². The van der Waals surface area contributed by atoms with Crippen LogP contribution in [0.25, 0.3) is 0 Å². The van der Waals surface area contributed by atoms with Gasteiger partial charge in [0.2, 0.25) is 17.7 Å². The molecular weight excluding hydrogens is 552 g/mol. The van der Waals surface area contributed by atoms with Gasteiger partial charge in [-0.2, -0.15) is 0 Å². The first-order valence-corrected chi connectivity index (χ1v) is 13.1.